The van der Waals surface area contributed by atoms with Gasteiger partial charge < -0.3 is 4.74 Å². The molecule has 0 unspecified atom stereocenters. The fourth-order valence-electron chi connectivity index (χ4n) is 2.81. The zero-order chi connectivity index (χ0) is 13.9. The Kier molecular flexibility index (Phi) is 4.64. The molecule has 1 saturated carbocycles. The van der Waals surface area contributed by atoms with Crippen molar-refractivity contribution in [3.05, 3.63) is 34.9 Å². The van der Waals surface area contributed by atoms with Crippen LogP contribution in [0.4, 0.5) is 0 Å². The van der Waals surface area contributed by atoms with Gasteiger partial charge in [-0.2, -0.15) is 0 Å². The minimum Gasteiger partial charge on any atom is -0.367 e. The van der Waals surface area contributed by atoms with Gasteiger partial charge in [0.2, 0.25) is 0 Å². The molecule has 0 saturated heterocycles. The molecular weight excluding hydrogens is 260 g/mol. The molecule has 0 N–H and O–H groups in total. The van der Waals surface area contributed by atoms with Crippen LogP contribution in [0.15, 0.2) is 24.3 Å². The highest BCUT2D eigenvalue weighted by Gasteiger charge is 2.41. The van der Waals surface area contributed by atoms with Gasteiger partial charge >= 0.3 is 0 Å². The number of carbonyl (C=O) groups is 1. The number of halogens is 1. The maximum atomic E-state index is 12.8. The molecule has 0 amide bonds. The van der Waals surface area contributed by atoms with Gasteiger partial charge in [0.1, 0.15) is 5.60 Å². The summed E-state index contributed by atoms with van der Waals surface area (Å²) >= 11 is 5.87. The van der Waals surface area contributed by atoms with Crippen LogP contribution in [-0.2, 0) is 4.74 Å². The Morgan fingerprint density at radius 2 is 1.89 bits per heavy atom. The summed E-state index contributed by atoms with van der Waals surface area (Å²) in [6.45, 7) is 4.77. The fraction of sp³-hybridized carbons (Fsp3) is 0.562. The average molecular weight is 281 g/mol. The third-order valence-electron chi connectivity index (χ3n) is 4.02. The van der Waals surface area contributed by atoms with Crippen molar-refractivity contribution in [2.45, 2.75) is 45.1 Å². The number of ether oxygens (including phenoxy) is 1. The highest BCUT2D eigenvalue weighted by Crippen LogP contribution is 2.37. The standard InChI is InChI=1S/C16H21ClO2/c1-3-19-16(10-8-12(2)9-11-16)15(18)13-4-6-14(17)7-5-13/h4-7,12H,3,8-11H2,1-2H3. The van der Waals surface area contributed by atoms with E-state index in [1.807, 2.05) is 6.92 Å². The summed E-state index contributed by atoms with van der Waals surface area (Å²) in [4.78, 5) is 12.8. The SMILES string of the molecule is CCOC1(C(=O)c2ccc(Cl)cc2)CCC(C)CC1. The lowest BCUT2D eigenvalue weighted by molar-refractivity contribution is -0.0474. The van der Waals surface area contributed by atoms with Crippen molar-refractivity contribution in [2.75, 3.05) is 6.61 Å². The van der Waals surface area contributed by atoms with Gasteiger partial charge in [0, 0.05) is 17.2 Å². The average Bonchev–Trinajstić information content (AvgIpc) is 2.42. The maximum absolute atomic E-state index is 12.8. The van der Waals surface area contributed by atoms with Crippen LogP contribution in [0.2, 0.25) is 5.02 Å². The van der Waals surface area contributed by atoms with Crippen LogP contribution >= 0.6 is 11.6 Å². The van der Waals surface area contributed by atoms with Crippen molar-refractivity contribution in [1.82, 2.24) is 0 Å². The molecule has 1 aromatic rings. The van der Waals surface area contributed by atoms with Crippen molar-refractivity contribution in [3.8, 4) is 0 Å². The Labute approximate surface area is 120 Å². The topological polar surface area (TPSA) is 26.3 Å². The van der Waals surface area contributed by atoms with E-state index in [1.165, 1.54) is 0 Å². The first-order chi connectivity index (χ1) is 9.07. The first-order valence-corrected chi connectivity index (χ1v) is 7.39. The summed E-state index contributed by atoms with van der Waals surface area (Å²) in [5.41, 5.74) is 0.0853. The Hall–Kier alpha value is -0.860. The fourth-order valence-corrected chi connectivity index (χ4v) is 2.93. The van der Waals surface area contributed by atoms with E-state index >= 15 is 0 Å². The van der Waals surface area contributed by atoms with E-state index in [0.717, 1.165) is 25.7 Å². The molecule has 0 spiro atoms. The number of carbonyl (C=O) groups excluding carboxylic acids is 1. The summed E-state index contributed by atoms with van der Waals surface area (Å²) in [5, 5.41) is 0.652. The molecule has 2 rings (SSSR count). The molecule has 1 fully saturated rings. The van der Waals surface area contributed by atoms with Gasteiger partial charge in [0.05, 0.1) is 0 Å². The maximum Gasteiger partial charge on any atom is 0.194 e. The number of hydrogen-bond donors (Lipinski definition) is 0. The van der Waals surface area contributed by atoms with E-state index in [-0.39, 0.29) is 5.78 Å². The number of Topliss-reactive ketones (excluding diaryl/α,β-unsaturated/α-hetero) is 1. The van der Waals surface area contributed by atoms with Crippen molar-refractivity contribution in [2.24, 2.45) is 5.92 Å². The van der Waals surface area contributed by atoms with Crippen LogP contribution in [-0.4, -0.2) is 18.0 Å². The molecule has 0 aliphatic heterocycles. The smallest absolute Gasteiger partial charge is 0.194 e. The molecule has 0 atom stereocenters. The van der Waals surface area contributed by atoms with E-state index in [1.54, 1.807) is 24.3 Å². The van der Waals surface area contributed by atoms with Crippen LogP contribution in [0.1, 0.15) is 49.9 Å². The molecule has 0 bridgehead atoms. The second-order valence-corrected chi connectivity index (χ2v) is 5.88. The summed E-state index contributed by atoms with van der Waals surface area (Å²) in [6, 6.07) is 7.12. The Balaban J connectivity index is 2.23. The first kappa shape index (κ1) is 14.5. The molecule has 1 aliphatic carbocycles. The van der Waals surface area contributed by atoms with E-state index in [4.69, 9.17) is 16.3 Å². The van der Waals surface area contributed by atoms with Crippen molar-refractivity contribution in [1.29, 1.82) is 0 Å². The Morgan fingerprint density at radius 1 is 1.32 bits per heavy atom. The third kappa shape index (κ3) is 3.18. The van der Waals surface area contributed by atoms with Crippen LogP contribution in [0.5, 0.6) is 0 Å². The van der Waals surface area contributed by atoms with Crippen LogP contribution < -0.4 is 0 Å². The predicted octanol–water partition coefficient (Wildman–Crippen LogP) is 4.51. The number of rotatable bonds is 4. The number of hydrogen-bond acceptors (Lipinski definition) is 2. The molecule has 3 heteroatoms. The van der Waals surface area contributed by atoms with Crippen molar-refractivity contribution >= 4 is 17.4 Å². The summed E-state index contributed by atoms with van der Waals surface area (Å²) in [7, 11) is 0. The molecule has 19 heavy (non-hydrogen) atoms. The monoisotopic (exact) mass is 280 g/mol. The van der Waals surface area contributed by atoms with E-state index < -0.39 is 5.60 Å². The summed E-state index contributed by atoms with van der Waals surface area (Å²) in [5.74, 6) is 0.796. The van der Waals surface area contributed by atoms with Gasteiger partial charge in [-0.05, 0) is 62.8 Å². The number of benzene rings is 1. The second kappa shape index (κ2) is 6.06. The van der Waals surface area contributed by atoms with E-state index in [9.17, 15) is 4.79 Å². The van der Waals surface area contributed by atoms with Gasteiger partial charge in [0.15, 0.2) is 5.78 Å². The minimum absolute atomic E-state index is 0.109. The minimum atomic E-state index is -0.616. The zero-order valence-corrected chi connectivity index (χ0v) is 12.4. The molecule has 0 radical (unpaired) electrons. The van der Waals surface area contributed by atoms with Gasteiger partial charge in [-0.3, -0.25) is 4.79 Å². The highest BCUT2D eigenvalue weighted by molar-refractivity contribution is 6.30. The summed E-state index contributed by atoms with van der Waals surface area (Å²) in [6.07, 6.45) is 3.76. The van der Waals surface area contributed by atoms with Gasteiger partial charge in [-0.1, -0.05) is 18.5 Å². The quantitative estimate of drug-likeness (QED) is 0.759. The van der Waals surface area contributed by atoms with Gasteiger partial charge in [-0.15, -0.1) is 0 Å². The summed E-state index contributed by atoms with van der Waals surface area (Å²) < 4.78 is 5.88. The van der Waals surface area contributed by atoms with Crippen molar-refractivity contribution in [3.63, 3.8) is 0 Å². The molecule has 0 aromatic heterocycles. The Bertz CT molecular complexity index is 431. The third-order valence-corrected chi connectivity index (χ3v) is 4.27. The largest absolute Gasteiger partial charge is 0.367 e. The van der Waals surface area contributed by atoms with E-state index in [2.05, 4.69) is 6.92 Å². The van der Waals surface area contributed by atoms with Crippen molar-refractivity contribution < 1.29 is 9.53 Å². The molecule has 2 nitrogen and oxygen atoms in total. The lowest BCUT2D eigenvalue weighted by atomic mass is 9.75. The second-order valence-electron chi connectivity index (χ2n) is 5.45. The Morgan fingerprint density at radius 3 is 2.42 bits per heavy atom. The lowest BCUT2D eigenvalue weighted by Gasteiger charge is -2.37. The molecule has 0 heterocycles. The zero-order valence-electron chi connectivity index (χ0n) is 11.6. The van der Waals surface area contributed by atoms with Gasteiger partial charge in [-0.25, -0.2) is 0 Å². The van der Waals surface area contributed by atoms with E-state index in [0.29, 0.717) is 23.1 Å². The number of ketones is 1. The normalized spacial score (nSPS) is 27.2. The first-order valence-electron chi connectivity index (χ1n) is 7.02. The molecule has 104 valence electrons. The molecular formula is C16H21ClO2. The lowest BCUT2D eigenvalue weighted by Crippen LogP contribution is -2.44. The molecule has 1 aromatic carbocycles. The van der Waals surface area contributed by atoms with Crippen LogP contribution in [0.3, 0.4) is 0 Å². The van der Waals surface area contributed by atoms with Crippen LogP contribution in [0, 0.1) is 5.92 Å². The highest BCUT2D eigenvalue weighted by atomic mass is 35.5. The van der Waals surface area contributed by atoms with Crippen LogP contribution in [0.25, 0.3) is 0 Å². The molecule has 1 aliphatic rings. The predicted molar refractivity (Wildman–Crippen MR) is 77.8 cm³/mol. The van der Waals surface area contributed by atoms with Gasteiger partial charge in [0.25, 0.3) is 0 Å².